The number of hydrogen-bond acceptors (Lipinski definition) is 6. The first-order valence-electron chi connectivity index (χ1n) is 14.8. The Labute approximate surface area is 235 Å². The fraction of sp³-hybridized carbons (Fsp3) is 0.733. The van der Waals surface area contributed by atoms with Crippen molar-refractivity contribution in [2.45, 2.75) is 141 Å². The van der Waals surface area contributed by atoms with E-state index in [-0.39, 0.29) is 0 Å². The summed E-state index contributed by atoms with van der Waals surface area (Å²) in [6, 6.07) is 7.35. The average Bonchev–Trinajstić information content (AvgIpc) is 2.87. The second-order valence-corrected chi connectivity index (χ2v) is 12.0. The minimum absolute atomic E-state index is 0.514. The number of rotatable bonds is 24. The predicted molar refractivity (Wildman–Crippen MR) is 153 cm³/mol. The zero-order valence-electron chi connectivity index (χ0n) is 23.9. The number of aryl methyl sites for hydroxylation is 1. The van der Waals surface area contributed by atoms with Crippen molar-refractivity contribution in [3.8, 4) is 5.75 Å². The molecule has 0 aliphatic carbocycles. The lowest BCUT2D eigenvalue weighted by Gasteiger charge is -2.19. The molecule has 0 spiro atoms. The molecule has 2 unspecified atom stereocenters. The van der Waals surface area contributed by atoms with Crippen LogP contribution in [-0.4, -0.2) is 41.6 Å². The number of ether oxygens (including phenoxy) is 2. The van der Waals surface area contributed by atoms with Gasteiger partial charge >= 0.3 is 11.9 Å². The molecule has 8 nitrogen and oxygen atoms in total. The van der Waals surface area contributed by atoms with Crippen LogP contribution in [0.3, 0.4) is 0 Å². The third-order valence-electron chi connectivity index (χ3n) is 6.83. The van der Waals surface area contributed by atoms with Gasteiger partial charge < -0.3 is 14.6 Å². The number of para-hydroxylation sites is 1. The molecular weight excluding hydrogens is 520 g/mol. The Bertz CT molecular complexity index is 915. The van der Waals surface area contributed by atoms with Crippen LogP contribution in [0.4, 0.5) is 0 Å². The van der Waals surface area contributed by atoms with Crippen LogP contribution in [-0.2, 0) is 30.9 Å². The van der Waals surface area contributed by atoms with Crippen LogP contribution in [0.1, 0.15) is 129 Å². The van der Waals surface area contributed by atoms with Gasteiger partial charge in [0.25, 0.3) is 10.1 Å². The molecule has 1 rings (SSSR count). The van der Waals surface area contributed by atoms with Gasteiger partial charge in [0.1, 0.15) is 5.75 Å². The van der Waals surface area contributed by atoms with Crippen molar-refractivity contribution in [2.75, 3.05) is 0 Å². The minimum atomic E-state index is -4.93. The Morgan fingerprint density at radius 3 is 1.72 bits per heavy atom. The van der Waals surface area contributed by atoms with Crippen LogP contribution in [0, 0.1) is 0 Å². The van der Waals surface area contributed by atoms with Crippen LogP contribution in [0.2, 0.25) is 0 Å². The van der Waals surface area contributed by atoms with Gasteiger partial charge in [0.15, 0.2) is 5.25 Å². The lowest BCUT2D eigenvalue weighted by Crippen LogP contribution is -2.36. The van der Waals surface area contributed by atoms with Crippen LogP contribution < -0.4 is 4.74 Å². The maximum absolute atomic E-state index is 12.1. The fourth-order valence-corrected chi connectivity index (χ4v) is 5.25. The second kappa shape index (κ2) is 20.7. The highest BCUT2D eigenvalue weighted by Gasteiger charge is 2.36. The van der Waals surface area contributed by atoms with Gasteiger partial charge in [0, 0.05) is 6.92 Å². The molecule has 1 aromatic rings. The van der Waals surface area contributed by atoms with E-state index in [0.717, 1.165) is 24.8 Å². The highest BCUT2D eigenvalue weighted by Crippen LogP contribution is 2.23. The number of esters is 1. The van der Waals surface area contributed by atoms with E-state index in [1.54, 1.807) is 12.1 Å². The van der Waals surface area contributed by atoms with Crippen molar-refractivity contribution in [1.82, 2.24) is 0 Å². The summed E-state index contributed by atoms with van der Waals surface area (Å²) in [5.41, 5.74) is 0.947. The fourth-order valence-electron chi connectivity index (χ4n) is 4.60. The van der Waals surface area contributed by atoms with E-state index in [1.807, 2.05) is 12.1 Å². The summed E-state index contributed by atoms with van der Waals surface area (Å²) in [6.07, 6.45) is 19.4. The van der Waals surface area contributed by atoms with E-state index in [1.165, 1.54) is 96.8 Å². The Morgan fingerprint density at radius 1 is 0.795 bits per heavy atom. The number of unbranched alkanes of at least 4 members (excludes halogenated alkanes) is 15. The molecule has 39 heavy (non-hydrogen) atoms. The van der Waals surface area contributed by atoms with Gasteiger partial charge in [0.2, 0.25) is 6.29 Å². The molecule has 0 aliphatic heterocycles. The van der Waals surface area contributed by atoms with Crippen molar-refractivity contribution in [3.63, 3.8) is 0 Å². The molecule has 0 aromatic heterocycles. The van der Waals surface area contributed by atoms with Gasteiger partial charge in [-0.05, 0) is 24.5 Å². The largest absolute Gasteiger partial charge is 0.481 e. The van der Waals surface area contributed by atoms with Gasteiger partial charge in [-0.25, -0.2) is 0 Å². The Kier molecular flexibility index (Phi) is 18.5. The number of carboxylic acid groups (broad SMARTS) is 1. The molecule has 2 N–H and O–H groups in total. The van der Waals surface area contributed by atoms with Crippen molar-refractivity contribution in [2.24, 2.45) is 0 Å². The van der Waals surface area contributed by atoms with E-state index >= 15 is 0 Å². The number of hydrogen-bond donors (Lipinski definition) is 2. The highest BCUT2D eigenvalue weighted by atomic mass is 32.2. The molecule has 0 heterocycles. The van der Waals surface area contributed by atoms with E-state index in [9.17, 15) is 22.6 Å². The summed E-state index contributed by atoms with van der Waals surface area (Å²) in [4.78, 5) is 23.0. The second-order valence-electron chi connectivity index (χ2n) is 10.4. The van der Waals surface area contributed by atoms with Gasteiger partial charge in [-0.1, -0.05) is 121 Å². The third-order valence-corrected chi connectivity index (χ3v) is 7.91. The molecule has 0 amide bonds. The number of carboxylic acids is 1. The smallest absolute Gasteiger partial charge is 0.330 e. The molecule has 0 fully saturated rings. The monoisotopic (exact) mass is 570 g/mol. The predicted octanol–water partition coefficient (Wildman–Crippen LogP) is 7.49. The average molecular weight is 571 g/mol. The third kappa shape index (κ3) is 17.2. The van der Waals surface area contributed by atoms with Crippen LogP contribution in [0.15, 0.2) is 24.3 Å². The molecule has 0 aliphatic rings. The molecule has 0 saturated carbocycles. The summed E-state index contributed by atoms with van der Waals surface area (Å²) in [6.45, 7) is 3.67. The summed E-state index contributed by atoms with van der Waals surface area (Å²) < 4.78 is 42.6. The first-order chi connectivity index (χ1) is 18.6. The van der Waals surface area contributed by atoms with Gasteiger partial charge in [0.05, 0.1) is 6.42 Å². The van der Waals surface area contributed by atoms with E-state index < -0.39 is 40.0 Å². The SMILES string of the molecule is CCCCCCCCCCCCCCCCCCc1ccccc1OC(C)OC(=O)C(CC(=O)O)S(=O)(=O)O. The van der Waals surface area contributed by atoms with Crippen molar-refractivity contribution >= 4 is 22.1 Å². The van der Waals surface area contributed by atoms with E-state index in [4.69, 9.17) is 14.6 Å². The zero-order valence-corrected chi connectivity index (χ0v) is 24.8. The zero-order chi connectivity index (χ0) is 28.9. The number of carbonyl (C=O) groups excluding carboxylic acids is 1. The van der Waals surface area contributed by atoms with Crippen LogP contribution in [0.25, 0.3) is 0 Å². The quantitative estimate of drug-likeness (QED) is 0.0566. The molecule has 224 valence electrons. The first-order valence-corrected chi connectivity index (χ1v) is 16.3. The molecule has 0 saturated heterocycles. The maximum Gasteiger partial charge on any atom is 0.330 e. The summed E-state index contributed by atoms with van der Waals surface area (Å²) in [7, 11) is -4.93. The van der Waals surface area contributed by atoms with E-state index in [0.29, 0.717) is 5.75 Å². The molecule has 0 radical (unpaired) electrons. The molecule has 9 heteroatoms. The highest BCUT2D eigenvalue weighted by molar-refractivity contribution is 7.87. The van der Waals surface area contributed by atoms with Gasteiger partial charge in [-0.15, -0.1) is 0 Å². The number of aliphatic carboxylic acids is 1. The Morgan fingerprint density at radius 2 is 1.26 bits per heavy atom. The standard InChI is InChI=1S/C30H50O8S/c1-3-4-5-6-7-8-9-10-11-12-13-14-15-16-17-18-21-26-22-19-20-23-27(26)37-25(2)38-30(33)28(24-29(31)32)39(34,35)36/h19-20,22-23,25,28H,3-18,21,24H2,1-2H3,(H,31,32)(H,34,35,36). The number of carbonyl (C=O) groups is 2. The minimum Gasteiger partial charge on any atom is -0.481 e. The van der Waals surface area contributed by atoms with Crippen LogP contribution >= 0.6 is 0 Å². The summed E-state index contributed by atoms with van der Waals surface area (Å²) in [5, 5.41) is 6.62. The summed E-state index contributed by atoms with van der Waals surface area (Å²) in [5.74, 6) is -2.41. The summed E-state index contributed by atoms with van der Waals surface area (Å²) >= 11 is 0. The van der Waals surface area contributed by atoms with Crippen molar-refractivity contribution in [1.29, 1.82) is 0 Å². The van der Waals surface area contributed by atoms with Gasteiger partial charge in [-0.2, -0.15) is 8.42 Å². The molecule has 1 aromatic carbocycles. The Hall–Kier alpha value is -2.13. The lowest BCUT2D eigenvalue weighted by molar-refractivity contribution is -0.162. The number of benzene rings is 1. The molecule has 2 atom stereocenters. The van der Waals surface area contributed by atoms with E-state index in [2.05, 4.69) is 6.92 Å². The molecular formula is C30H50O8S. The van der Waals surface area contributed by atoms with Crippen molar-refractivity contribution < 1.29 is 37.1 Å². The Balaban J connectivity index is 2.24. The maximum atomic E-state index is 12.1. The normalized spacial score (nSPS) is 13.1. The van der Waals surface area contributed by atoms with Crippen molar-refractivity contribution in [3.05, 3.63) is 29.8 Å². The van der Waals surface area contributed by atoms with Gasteiger partial charge in [-0.3, -0.25) is 14.1 Å². The first kappa shape index (κ1) is 34.9. The molecule has 0 bridgehead atoms. The lowest BCUT2D eigenvalue weighted by atomic mass is 10.0. The topological polar surface area (TPSA) is 127 Å². The van der Waals surface area contributed by atoms with Crippen LogP contribution in [0.5, 0.6) is 5.75 Å².